The van der Waals surface area contributed by atoms with Gasteiger partial charge in [0.2, 0.25) is 0 Å². The van der Waals surface area contributed by atoms with E-state index in [-0.39, 0.29) is 0 Å². The minimum atomic E-state index is 1.77. The summed E-state index contributed by atoms with van der Waals surface area (Å²) >= 11 is 0. The lowest BCUT2D eigenvalue weighted by atomic mass is 12.0. The van der Waals surface area contributed by atoms with Gasteiger partial charge in [-0.1, -0.05) is 194 Å². The molecule has 39 heavy (non-hydrogen) atoms. The van der Waals surface area contributed by atoms with Gasteiger partial charge >= 0.3 is 0 Å². The molecule has 0 amide bonds. The van der Waals surface area contributed by atoms with Crippen LogP contribution in [0.2, 0.25) is 0 Å². The first-order chi connectivity index (χ1) is 18.7. The first-order valence-electron chi connectivity index (χ1n) is 9.35. The van der Waals surface area contributed by atoms with Gasteiger partial charge in [-0.15, -0.1) is 0 Å². The van der Waals surface area contributed by atoms with Crippen molar-refractivity contribution in [3.05, 3.63) is 0 Å². The fraction of sp³-hybridized carbons (Fsp3) is 1.00. The first-order valence-corrected chi connectivity index (χ1v) is 40.0. The second kappa shape index (κ2) is 111. The molecule has 0 unspecified atom stereocenters. The lowest BCUT2D eigenvalue weighted by Crippen LogP contribution is -1.30. The lowest BCUT2D eigenvalue weighted by molar-refractivity contribution is 2.51. The van der Waals surface area contributed by atoms with E-state index in [4.69, 9.17) is 0 Å². The van der Waals surface area contributed by atoms with Crippen LogP contribution in [0.3, 0.4) is 0 Å². The van der Waals surface area contributed by atoms with Gasteiger partial charge in [-0.25, -0.2) is 0 Å². The maximum Gasteiger partial charge on any atom is -0.00709 e. The summed E-state index contributed by atoms with van der Waals surface area (Å²) in [6, 6.07) is 0. The molecule has 0 aromatic heterocycles. The van der Waals surface area contributed by atoms with Crippen molar-refractivity contribution in [1.82, 2.24) is 0 Å². The molecule has 252 valence electrons. The SMILES string of the molecule is CSSC.CSSC.CSSC.CSSC.CSSC.CSSC.CSSSC.CSSSC.CSSSC. The molecule has 0 fully saturated rings. The number of hydrogen-bond donors (Lipinski definition) is 0. The molecule has 0 aromatic rings. The molecule has 0 atom stereocenters. The molecular formula is C18H54S21. The highest BCUT2D eigenvalue weighted by molar-refractivity contribution is 9.09. The van der Waals surface area contributed by atoms with Gasteiger partial charge in [0.15, 0.2) is 0 Å². The summed E-state index contributed by atoms with van der Waals surface area (Å²) in [6.07, 6.45) is 37.1. The van der Waals surface area contributed by atoms with Crippen LogP contribution in [0.4, 0.5) is 0 Å². The zero-order valence-electron chi connectivity index (χ0n) is 26.6. The Bertz CT molecular complexity index is 160. The summed E-state index contributed by atoms with van der Waals surface area (Å²) in [5, 5.41) is 0. The third kappa shape index (κ3) is 228. The molecule has 0 saturated carbocycles. The third-order valence-electron chi connectivity index (χ3n) is 1.41. The highest BCUT2D eigenvalue weighted by atomic mass is 33.5. The van der Waals surface area contributed by atoms with E-state index in [1.807, 2.05) is 0 Å². The van der Waals surface area contributed by atoms with E-state index in [0.29, 0.717) is 0 Å². The molecule has 0 saturated heterocycles. The highest BCUT2D eigenvalue weighted by Gasteiger charge is 1.69. The Hall–Kier alpha value is 7.35. The second-order valence-electron chi connectivity index (χ2n) is 3.20. The second-order valence-corrected chi connectivity index (χ2v) is 32.5. The average Bonchev–Trinajstić information content (AvgIpc) is 2.99. The van der Waals surface area contributed by atoms with Gasteiger partial charge in [-0.2, -0.15) is 0 Å². The third-order valence-corrected chi connectivity index (χ3v) is 20.0. The molecule has 0 aliphatic carbocycles. The average molecular weight is 944 g/mol. The van der Waals surface area contributed by atoms with Crippen LogP contribution >= 0.6 is 224 Å². The first kappa shape index (κ1) is 68.3. The molecule has 21 heteroatoms. The van der Waals surface area contributed by atoms with Crippen LogP contribution < -0.4 is 0 Å². The monoisotopic (exact) mass is 942 g/mol. The molecule has 0 bridgehead atoms. The molecule has 0 N–H and O–H groups in total. The summed E-state index contributed by atoms with van der Waals surface area (Å²) in [4.78, 5) is 0. The van der Waals surface area contributed by atoms with Gasteiger partial charge in [-0.05, 0) is 142 Å². The quantitative estimate of drug-likeness (QED) is 0.170. The Morgan fingerprint density at radius 3 is 0.205 bits per heavy atom. The minimum Gasteiger partial charge on any atom is -0.0979 e. The zero-order valence-corrected chi connectivity index (χ0v) is 43.7. The van der Waals surface area contributed by atoms with E-state index in [1.54, 1.807) is 224 Å². The van der Waals surface area contributed by atoms with Crippen molar-refractivity contribution in [2.75, 3.05) is 113 Å². The zero-order chi connectivity index (χ0) is 32.8. The van der Waals surface area contributed by atoms with Crippen molar-refractivity contribution in [3.63, 3.8) is 0 Å². The normalized spacial score (nSPS) is 7.85. The van der Waals surface area contributed by atoms with Gasteiger partial charge in [0.1, 0.15) is 0 Å². The summed E-state index contributed by atoms with van der Waals surface area (Å²) in [6.45, 7) is 0. The van der Waals surface area contributed by atoms with Crippen LogP contribution in [0.25, 0.3) is 0 Å². The van der Waals surface area contributed by atoms with Crippen molar-refractivity contribution in [1.29, 1.82) is 0 Å². The maximum atomic E-state index is 2.07. The van der Waals surface area contributed by atoms with Crippen molar-refractivity contribution in [2.24, 2.45) is 0 Å². The predicted molar refractivity (Wildman–Crippen MR) is 266 cm³/mol. The van der Waals surface area contributed by atoms with Gasteiger partial charge in [0, 0.05) is 0 Å². The minimum absolute atomic E-state index is 1.77. The van der Waals surface area contributed by atoms with Crippen molar-refractivity contribution in [3.8, 4) is 0 Å². The molecule has 0 aliphatic rings. The van der Waals surface area contributed by atoms with Crippen LogP contribution in [-0.2, 0) is 0 Å². The molecular weight excluding hydrogens is 890 g/mol. The number of hydrogen-bond acceptors (Lipinski definition) is 21. The highest BCUT2D eigenvalue weighted by Crippen LogP contribution is 2.29. The number of rotatable bonds is 12. The van der Waals surface area contributed by atoms with Crippen LogP contribution in [0, 0.1) is 0 Å². The predicted octanol–water partition coefficient (Wildman–Crippen LogP) is 16.6. The van der Waals surface area contributed by atoms with Gasteiger partial charge < -0.3 is 0 Å². The van der Waals surface area contributed by atoms with Gasteiger partial charge in [0.05, 0.1) is 0 Å². The van der Waals surface area contributed by atoms with E-state index < -0.39 is 0 Å². The summed E-state index contributed by atoms with van der Waals surface area (Å²) < 4.78 is 0. The Kier molecular flexibility index (Phi) is 194. The Labute approximate surface area is 330 Å². The van der Waals surface area contributed by atoms with Crippen LogP contribution in [-0.4, -0.2) is 113 Å². The molecule has 0 heterocycles. The van der Waals surface area contributed by atoms with Crippen LogP contribution in [0.1, 0.15) is 0 Å². The topological polar surface area (TPSA) is 0 Å². The van der Waals surface area contributed by atoms with E-state index in [9.17, 15) is 0 Å². The molecule has 0 nitrogen and oxygen atoms in total. The Morgan fingerprint density at radius 1 is 0.128 bits per heavy atom. The maximum absolute atomic E-state index is 2.07. The van der Waals surface area contributed by atoms with Crippen LogP contribution in [0.15, 0.2) is 0 Å². The van der Waals surface area contributed by atoms with E-state index in [0.717, 1.165) is 0 Å². The molecule has 0 rings (SSSR count). The van der Waals surface area contributed by atoms with E-state index in [2.05, 4.69) is 113 Å². The molecule has 0 spiro atoms. The lowest BCUT2D eigenvalue weighted by Gasteiger charge is -1.78. The Balaban J connectivity index is -0.0000000372. The van der Waals surface area contributed by atoms with E-state index in [1.165, 1.54) is 0 Å². The molecule has 0 radical (unpaired) electrons. The Morgan fingerprint density at radius 2 is 0.205 bits per heavy atom. The standard InChI is InChI=1S/3C2H6S3.6C2H6S2/c3*1-3-5-4-2;6*1-3-4-2/h3*1-2H3;6*1-2H3. The summed E-state index contributed by atoms with van der Waals surface area (Å²) in [7, 11) is 37.4. The molecule has 0 aliphatic heterocycles. The fourth-order valence-electron chi connectivity index (χ4n) is 0.204. The fourth-order valence-corrected chi connectivity index (χ4v) is 5.51. The van der Waals surface area contributed by atoms with Gasteiger partial charge in [-0.3, -0.25) is 0 Å². The van der Waals surface area contributed by atoms with Crippen molar-refractivity contribution in [2.45, 2.75) is 0 Å². The molecule has 0 aromatic carbocycles. The summed E-state index contributed by atoms with van der Waals surface area (Å²) in [5.41, 5.74) is 0. The largest absolute Gasteiger partial charge is 0.0979 e. The van der Waals surface area contributed by atoms with Crippen molar-refractivity contribution < 1.29 is 0 Å². The summed E-state index contributed by atoms with van der Waals surface area (Å²) in [5.74, 6) is 0. The van der Waals surface area contributed by atoms with E-state index >= 15 is 0 Å². The smallest absolute Gasteiger partial charge is 0.00709 e. The van der Waals surface area contributed by atoms with Gasteiger partial charge in [0.25, 0.3) is 0 Å². The van der Waals surface area contributed by atoms with Crippen LogP contribution in [0.5, 0.6) is 0 Å². The van der Waals surface area contributed by atoms with Crippen molar-refractivity contribution >= 4 is 224 Å².